The molecule has 2 fully saturated rings. The van der Waals surface area contributed by atoms with Crippen molar-refractivity contribution in [1.82, 2.24) is 0 Å². The van der Waals surface area contributed by atoms with Crippen LogP contribution in [0.5, 0.6) is 11.5 Å². The zero-order valence-corrected chi connectivity index (χ0v) is 27.5. The van der Waals surface area contributed by atoms with Crippen LogP contribution in [0, 0.1) is 16.7 Å². The van der Waals surface area contributed by atoms with Crippen molar-refractivity contribution in [2.75, 3.05) is 31.8 Å². The van der Waals surface area contributed by atoms with Crippen LogP contribution in [-0.4, -0.2) is 33.0 Å². The molecule has 3 unspecified atom stereocenters. The van der Waals surface area contributed by atoms with Crippen molar-refractivity contribution < 1.29 is 9.47 Å². The van der Waals surface area contributed by atoms with Gasteiger partial charge in [0.2, 0.25) is 0 Å². The zero-order chi connectivity index (χ0) is 33.4. The number of fused-ring (bicyclic) bond motifs is 7. The van der Waals surface area contributed by atoms with E-state index in [1.54, 1.807) is 13.2 Å². The van der Waals surface area contributed by atoms with Gasteiger partial charge in [0.15, 0.2) is 6.73 Å². The van der Waals surface area contributed by atoms with Gasteiger partial charge in [-0.15, -0.1) is 4.91 Å². The van der Waals surface area contributed by atoms with E-state index in [0.29, 0.717) is 35.6 Å². The van der Waals surface area contributed by atoms with Gasteiger partial charge >= 0.3 is 0 Å². The molecule has 4 aromatic rings. The third-order valence-corrected chi connectivity index (χ3v) is 10.6. The van der Waals surface area contributed by atoms with Crippen molar-refractivity contribution in [3.8, 4) is 33.8 Å². The molecule has 0 amide bonds. The summed E-state index contributed by atoms with van der Waals surface area (Å²) in [6, 6.07) is 20.6. The fourth-order valence-electron chi connectivity index (χ4n) is 9.03. The number of nitrogens with zero attached hydrogens (tertiary/aromatic N) is 8. The van der Waals surface area contributed by atoms with Crippen LogP contribution in [-0.2, 0) is 5.41 Å². The van der Waals surface area contributed by atoms with Crippen molar-refractivity contribution in [3.63, 3.8) is 0 Å². The van der Waals surface area contributed by atoms with Gasteiger partial charge in [0.1, 0.15) is 17.2 Å². The van der Waals surface area contributed by atoms with E-state index in [1.165, 1.54) is 28.7 Å². The predicted octanol–water partition coefficient (Wildman–Crippen LogP) is 10.6. The smallest absolute Gasteiger partial charge is 0.167 e. The number of nitroso groups, excluding NO2 is 1. The fourth-order valence-corrected chi connectivity index (χ4v) is 9.03. The second kappa shape index (κ2) is 12.8. The van der Waals surface area contributed by atoms with Crippen molar-refractivity contribution in [1.29, 1.82) is 0 Å². The Hall–Kier alpha value is -5.24. The predicted molar refractivity (Wildman–Crippen MR) is 189 cm³/mol. The number of rotatable bonds is 9. The topological polar surface area (TPSA) is 149 Å². The van der Waals surface area contributed by atoms with Gasteiger partial charge in [0, 0.05) is 62.6 Å². The molecular formula is C37H38N8O3. The highest BCUT2D eigenvalue weighted by atomic mass is 16.5. The normalized spacial score (nSPS) is 22.5. The summed E-state index contributed by atoms with van der Waals surface area (Å²) in [6.07, 6.45) is 5.06. The summed E-state index contributed by atoms with van der Waals surface area (Å²) in [7, 11) is 1.58. The lowest BCUT2D eigenvalue weighted by Gasteiger charge is -2.42. The SMILES string of the molecule is COc1ccc(-c2cc3c(N=O)cc4c(c3cc2N2CCCC2CN=[N+]=[N-])-c2ccccc2C42CC(C)CC(C)C2)c(OCN=[N+]=[N-])c1. The van der Waals surface area contributed by atoms with Gasteiger partial charge in [-0.25, -0.2) is 0 Å². The summed E-state index contributed by atoms with van der Waals surface area (Å²) in [5, 5.41) is 13.0. The molecule has 1 spiro atoms. The van der Waals surface area contributed by atoms with Crippen LogP contribution in [0.1, 0.15) is 57.1 Å². The van der Waals surface area contributed by atoms with Gasteiger partial charge in [-0.3, -0.25) is 0 Å². The van der Waals surface area contributed by atoms with Crippen molar-refractivity contribution in [2.45, 2.75) is 57.4 Å². The molecule has 0 radical (unpaired) electrons. The molecule has 3 atom stereocenters. The Kier molecular flexibility index (Phi) is 8.33. The van der Waals surface area contributed by atoms with E-state index in [0.717, 1.165) is 59.8 Å². The van der Waals surface area contributed by atoms with E-state index >= 15 is 0 Å². The molecule has 4 aromatic carbocycles. The van der Waals surface area contributed by atoms with E-state index in [1.807, 2.05) is 24.3 Å². The Balaban J connectivity index is 1.55. The Morgan fingerprint density at radius 3 is 2.46 bits per heavy atom. The molecule has 7 rings (SSSR count). The second-order valence-electron chi connectivity index (χ2n) is 13.6. The highest BCUT2D eigenvalue weighted by Crippen LogP contribution is 2.61. The third-order valence-electron chi connectivity index (χ3n) is 10.6. The Morgan fingerprint density at radius 2 is 1.71 bits per heavy atom. The summed E-state index contributed by atoms with van der Waals surface area (Å²) in [4.78, 5) is 21.0. The van der Waals surface area contributed by atoms with Crippen LogP contribution in [0.15, 0.2) is 76.1 Å². The van der Waals surface area contributed by atoms with Crippen molar-refractivity contribution >= 4 is 22.1 Å². The lowest BCUT2D eigenvalue weighted by molar-refractivity contribution is 0.214. The average Bonchev–Trinajstić information content (AvgIpc) is 3.66. The second-order valence-corrected chi connectivity index (χ2v) is 13.6. The summed E-state index contributed by atoms with van der Waals surface area (Å²) in [5.41, 5.74) is 25.8. The molecule has 3 aliphatic rings. The summed E-state index contributed by atoms with van der Waals surface area (Å²) in [5.74, 6) is 2.15. The summed E-state index contributed by atoms with van der Waals surface area (Å²) < 4.78 is 11.5. The van der Waals surface area contributed by atoms with Crippen molar-refractivity contribution in [2.24, 2.45) is 27.2 Å². The molecule has 2 aliphatic carbocycles. The first-order valence-electron chi connectivity index (χ1n) is 16.6. The summed E-state index contributed by atoms with van der Waals surface area (Å²) in [6.45, 7) is 5.60. The summed E-state index contributed by atoms with van der Waals surface area (Å²) >= 11 is 0. The third kappa shape index (κ3) is 5.16. The minimum absolute atomic E-state index is 0.00186. The lowest BCUT2D eigenvalue weighted by atomic mass is 9.61. The molecule has 0 bridgehead atoms. The standard InChI is InChI=1S/C37H38N8O3/c1-22-13-23(2)19-37(18-22)31-9-5-4-8-27(31)36-30-16-34(45-12-6-7-24(45)20-40-43-38)29(15-28(30)33(42-46)17-32(36)37)26-11-10-25(47-3)14-35(26)48-21-41-44-39/h4-5,8-11,14-17,22-24H,6-7,12-13,18-21H2,1-3H3. The maximum atomic E-state index is 12.8. The van der Waals surface area contributed by atoms with Gasteiger partial charge in [-0.05, 0) is 118 Å². The van der Waals surface area contributed by atoms with E-state index in [9.17, 15) is 10.4 Å². The molecule has 48 heavy (non-hydrogen) atoms. The molecule has 1 saturated heterocycles. The number of ether oxygens (including phenoxy) is 2. The first-order chi connectivity index (χ1) is 23.4. The zero-order valence-electron chi connectivity index (χ0n) is 27.5. The quantitative estimate of drug-likeness (QED) is 0.0772. The molecule has 11 nitrogen and oxygen atoms in total. The number of hydrogen-bond acceptors (Lipinski definition) is 7. The van der Waals surface area contributed by atoms with Crippen LogP contribution in [0.25, 0.3) is 53.9 Å². The highest BCUT2D eigenvalue weighted by Gasteiger charge is 2.48. The van der Waals surface area contributed by atoms with Crippen LogP contribution in [0.3, 0.4) is 0 Å². The van der Waals surface area contributed by atoms with Gasteiger partial charge in [-0.1, -0.05) is 48.3 Å². The number of hydrogen-bond donors (Lipinski definition) is 0. The molecule has 1 heterocycles. The first kappa shape index (κ1) is 31.4. The van der Waals surface area contributed by atoms with Crippen LogP contribution < -0.4 is 14.4 Å². The van der Waals surface area contributed by atoms with Crippen LogP contribution in [0.4, 0.5) is 11.4 Å². The number of methoxy groups -OCH3 is 1. The minimum Gasteiger partial charge on any atom is -0.497 e. The molecular weight excluding hydrogens is 604 g/mol. The van der Waals surface area contributed by atoms with Crippen LogP contribution in [0.2, 0.25) is 0 Å². The highest BCUT2D eigenvalue weighted by molar-refractivity contribution is 6.11. The van der Waals surface area contributed by atoms with Gasteiger partial charge in [0.05, 0.1) is 7.11 Å². The molecule has 0 aromatic heterocycles. The van der Waals surface area contributed by atoms with E-state index < -0.39 is 0 Å². The lowest BCUT2D eigenvalue weighted by Crippen LogP contribution is -2.35. The van der Waals surface area contributed by atoms with Gasteiger partial charge < -0.3 is 14.4 Å². The van der Waals surface area contributed by atoms with Crippen LogP contribution >= 0.6 is 0 Å². The molecule has 0 N–H and O–H groups in total. The first-order valence-corrected chi connectivity index (χ1v) is 16.6. The van der Waals surface area contributed by atoms with E-state index in [-0.39, 0.29) is 18.2 Å². The monoisotopic (exact) mass is 642 g/mol. The number of benzene rings is 4. The van der Waals surface area contributed by atoms with Crippen molar-refractivity contribution in [3.05, 3.63) is 97.6 Å². The molecule has 11 heteroatoms. The number of anilines is 1. The fraction of sp³-hybridized carbons (Fsp3) is 0.405. The Morgan fingerprint density at radius 1 is 0.917 bits per heavy atom. The minimum atomic E-state index is -0.201. The van der Waals surface area contributed by atoms with Gasteiger partial charge in [-0.2, -0.15) is 0 Å². The maximum absolute atomic E-state index is 12.8. The number of azide groups is 2. The molecule has 1 aliphatic heterocycles. The Bertz CT molecular complexity index is 2010. The average molecular weight is 643 g/mol. The van der Waals surface area contributed by atoms with E-state index in [2.05, 4.69) is 74.3 Å². The maximum Gasteiger partial charge on any atom is 0.167 e. The molecule has 1 saturated carbocycles. The van der Waals surface area contributed by atoms with Gasteiger partial charge in [0.25, 0.3) is 0 Å². The molecule has 244 valence electrons. The Labute approximate surface area is 279 Å². The van der Waals surface area contributed by atoms with E-state index in [4.69, 9.17) is 15.0 Å². The largest absolute Gasteiger partial charge is 0.497 e.